The molecule has 4 aromatic rings. The lowest BCUT2D eigenvalue weighted by molar-refractivity contribution is -0.130. The smallest absolute Gasteiger partial charge is 0.243 e. The van der Waals surface area contributed by atoms with Crippen molar-refractivity contribution in [3.05, 3.63) is 88.5 Å². The van der Waals surface area contributed by atoms with Crippen LogP contribution in [0, 0.1) is 0 Å². The van der Waals surface area contributed by atoms with E-state index in [1.54, 1.807) is 18.5 Å². The van der Waals surface area contributed by atoms with Crippen molar-refractivity contribution >= 4 is 45.7 Å². The van der Waals surface area contributed by atoms with E-state index in [1.807, 2.05) is 88.5 Å². The average molecular weight is 693 g/mol. The van der Waals surface area contributed by atoms with Crippen LogP contribution in [0.3, 0.4) is 0 Å². The summed E-state index contributed by atoms with van der Waals surface area (Å²) >= 11 is 1.20. The maximum absolute atomic E-state index is 13.2. The number of hydrogen-bond acceptors (Lipinski definition) is 8. The van der Waals surface area contributed by atoms with Crippen LogP contribution >= 0.6 is 11.3 Å². The number of likely N-dealkylation sites (N-methyl/N-ethyl adjacent to an activating group) is 1. The zero-order valence-electron chi connectivity index (χ0n) is 29.6. The van der Waals surface area contributed by atoms with Crippen LogP contribution in [-0.4, -0.2) is 90.4 Å². The lowest BCUT2D eigenvalue weighted by Gasteiger charge is -2.21. The Labute approximate surface area is 294 Å². The summed E-state index contributed by atoms with van der Waals surface area (Å²) in [7, 11) is 2.11. The number of amides is 3. The standard InChI is InChI=1S/C28H29N5O4S.C5H11NO.2C2H6/c1-2-24(34)33-23(14-18-8-4-3-5-9-18)27(37)31-17-25(35)32-22(26(36)28-29-12-13-38-28)15-19-16-30-21-11-7-6-10-20(19)21;1-6-2-4-7-5-3-6;2*1-2/h3-13,16,22-23,30H,2,14-15,17H2,1H3,(H,31,37)(H,32,35)(H,33,34);2-5H2,1H3;2*1-2H3. The van der Waals surface area contributed by atoms with Crippen molar-refractivity contribution in [2.75, 3.05) is 39.9 Å². The van der Waals surface area contributed by atoms with Gasteiger partial charge in [0.1, 0.15) is 6.04 Å². The number of benzene rings is 2. The Bertz CT molecular complexity index is 1540. The highest BCUT2D eigenvalue weighted by Crippen LogP contribution is 2.20. The van der Waals surface area contributed by atoms with Crippen LogP contribution in [0.25, 0.3) is 10.9 Å². The number of morpholine rings is 1. The third-order valence-electron chi connectivity index (χ3n) is 7.31. The number of para-hydroxylation sites is 1. The number of hydrogen-bond donors (Lipinski definition) is 4. The molecule has 2 atom stereocenters. The molecule has 0 aliphatic carbocycles. The van der Waals surface area contributed by atoms with Gasteiger partial charge in [-0.05, 0) is 24.2 Å². The zero-order chi connectivity index (χ0) is 36.0. The van der Waals surface area contributed by atoms with Gasteiger partial charge in [0.25, 0.3) is 0 Å². The summed E-state index contributed by atoms with van der Waals surface area (Å²) < 4.78 is 5.10. The van der Waals surface area contributed by atoms with Gasteiger partial charge in [-0.15, -0.1) is 11.3 Å². The number of carbonyl (C=O) groups excluding carboxylic acids is 4. The van der Waals surface area contributed by atoms with E-state index in [2.05, 4.69) is 37.9 Å². The van der Waals surface area contributed by atoms with Gasteiger partial charge >= 0.3 is 0 Å². The molecule has 11 nitrogen and oxygen atoms in total. The number of H-pyrrole nitrogens is 1. The minimum atomic E-state index is -0.871. The Morgan fingerprint density at radius 3 is 2.16 bits per heavy atom. The second-order valence-electron chi connectivity index (χ2n) is 10.7. The summed E-state index contributed by atoms with van der Waals surface area (Å²) in [6.07, 6.45) is 4.13. The number of aromatic amines is 1. The molecule has 1 aliphatic rings. The highest BCUT2D eigenvalue weighted by atomic mass is 32.1. The minimum absolute atomic E-state index is 0.230. The lowest BCUT2D eigenvalue weighted by atomic mass is 10.0. The second-order valence-corrected chi connectivity index (χ2v) is 11.6. The molecule has 49 heavy (non-hydrogen) atoms. The Balaban J connectivity index is 0.000000656. The fraction of sp³-hybridized carbons (Fsp3) is 0.432. The van der Waals surface area contributed by atoms with Gasteiger partial charge in [-0.3, -0.25) is 19.2 Å². The minimum Gasteiger partial charge on any atom is -0.379 e. The van der Waals surface area contributed by atoms with Crippen LogP contribution in [0.1, 0.15) is 62.0 Å². The number of fused-ring (bicyclic) bond motifs is 1. The number of Topliss-reactive ketones (excluding diaryl/α,β-unsaturated/α-hetero) is 1. The predicted molar refractivity (Wildman–Crippen MR) is 197 cm³/mol. The lowest BCUT2D eigenvalue weighted by Crippen LogP contribution is -2.51. The molecule has 0 radical (unpaired) electrons. The molecule has 4 N–H and O–H groups in total. The fourth-order valence-corrected chi connectivity index (χ4v) is 5.40. The van der Waals surface area contributed by atoms with Gasteiger partial charge in [0.2, 0.25) is 23.5 Å². The predicted octanol–water partition coefficient (Wildman–Crippen LogP) is 4.79. The number of nitrogens with one attached hydrogen (secondary N) is 4. The van der Waals surface area contributed by atoms with E-state index < -0.39 is 23.9 Å². The zero-order valence-corrected chi connectivity index (χ0v) is 30.4. The van der Waals surface area contributed by atoms with Crippen molar-refractivity contribution in [1.82, 2.24) is 30.8 Å². The Kier molecular flexibility index (Phi) is 19.2. The molecule has 0 bridgehead atoms. The van der Waals surface area contributed by atoms with Crippen molar-refractivity contribution < 1.29 is 23.9 Å². The highest BCUT2D eigenvalue weighted by molar-refractivity contribution is 7.11. The van der Waals surface area contributed by atoms with Crippen LogP contribution in [0.5, 0.6) is 0 Å². The topological polar surface area (TPSA) is 146 Å². The van der Waals surface area contributed by atoms with E-state index in [1.165, 1.54) is 11.3 Å². The number of ether oxygens (including phenoxy) is 1. The number of ketones is 1. The first kappa shape index (κ1) is 40.8. The molecule has 2 unspecified atom stereocenters. The number of carbonyl (C=O) groups is 4. The first-order chi connectivity index (χ1) is 23.8. The molecule has 3 amide bonds. The van der Waals surface area contributed by atoms with Crippen LogP contribution in [-0.2, 0) is 32.0 Å². The SMILES string of the molecule is CC.CC.CCC(=O)NC(Cc1ccccc1)C(=O)NCC(=O)NC(Cc1c[nH]c2ccccc12)C(=O)c1nccs1.CN1CCOCC1. The summed E-state index contributed by atoms with van der Waals surface area (Å²) in [5.41, 5.74) is 2.69. The van der Waals surface area contributed by atoms with Crippen LogP contribution in [0.15, 0.2) is 72.4 Å². The molecule has 266 valence electrons. The molecule has 0 saturated carbocycles. The largest absolute Gasteiger partial charge is 0.379 e. The second kappa shape index (κ2) is 23.0. The molecule has 2 aromatic heterocycles. The third kappa shape index (κ3) is 13.9. The molecule has 2 aromatic carbocycles. The molecule has 3 heterocycles. The number of thiazole rings is 1. The molecule has 5 rings (SSSR count). The van der Waals surface area contributed by atoms with Gasteiger partial charge in [-0.25, -0.2) is 4.98 Å². The van der Waals surface area contributed by atoms with Gasteiger partial charge in [0.05, 0.1) is 25.8 Å². The average Bonchev–Trinajstić information content (AvgIpc) is 3.83. The first-order valence-corrected chi connectivity index (χ1v) is 17.9. The molecular weight excluding hydrogens is 641 g/mol. The van der Waals surface area contributed by atoms with Crippen LogP contribution in [0.2, 0.25) is 0 Å². The summed E-state index contributed by atoms with van der Waals surface area (Å²) in [5, 5.41) is 11.0. The molecule has 12 heteroatoms. The summed E-state index contributed by atoms with van der Waals surface area (Å²) in [6, 6.07) is 15.3. The fourth-order valence-electron chi connectivity index (χ4n) is 4.77. The van der Waals surface area contributed by atoms with E-state index in [4.69, 9.17) is 4.74 Å². The van der Waals surface area contributed by atoms with E-state index >= 15 is 0 Å². The van der Waals surface area contributed by atoms with Gasteiger partial charge in [0.15, 0.2) is 5.01 Å². The molecule has 1 aliphatic heterocycles. The van der Waals surface area contributed by atoms with Crippen molar-refractivity contribution in [3.63, 3.8) is 0 Å². The number of rotatable bonds is 12. The van der Waals surface area contributed by atoms with Crippen molar-refractivity contribution in [2.45, 2.75) is 66.0 Å². The van der Waals surface area contributed by atoms with Crippen molar-refractivity contribution in [3.8, 4) is 0 Å². The maximum atomic E-state index is 13.2. The summed E-state index contributed by atoms with van der Waals surface area (Å²) in [5.74, 6) is -1.57. The Hall–Kier alpha value is -4.39. The van der Waals surface area contributed by atoms with Crippen LogP contribution < -0.4 is 16.0 Å². The summed E-state index contributed by atoms with van der Waals surface area (Å²) in [4.78, 5) is 60.6. The van der Waals surface area contributed by atoms with E-state index in [-0.39, 0.29) is 37.5 Å². The highest BCUT2D eigenvalue weighted by Gasteiger charge is 2.27. The van der Waals surface area contributed by atoms with Gasteiger partial charge in [-0.2, -0.15) is 0 Å². The maximum Gasteiger partial charge on any atom is 0.243 e. The van der Waals surface area contributed by atoms with Gasteiger partial charge in [-0.1, -0.05) is 83.1 Å². The molecular formula is C37H52N6O5S. The van der Waals surface area contributed by atoms with Crippen molar-refractivity contribution in [2.24, 2.45) is 0 Å². The van der Waals surface area contributed by atoms with E-state index in [0.717, 1.165) is 48.3 Å². The number of aromatic nitrogens is 2. The normalized spacial score (nSPS) is 13.5. The number of nitrogens with zero attached hydrogens (tertiary/aromatic N) is 2. The van der Waals surface area contributed by atoms with Gasteiger partial charge < -0.3 is 30.6 Å². The van der Waals surface area contributed by atoms with Gasteiger partial charge in [0, 0.05) is 61.0 Å². The van der Waals surface area contributed by atoms with E-state index in [9.17, 15) is 19.2 Å². The first-order valence-electron chi connectivity index (χ1n) is 17.0. The van der Waals surface area contributed by atoms with Crippen LogP contribution in [0.4, 0.5) is 0 Å². The molecule has 1 saturated heterocycles. The molecule has 0 spiro atoms. The third-order valence-corrected chi connectivity index (χ3v) is 8.09. The monoisotopic (exact) mass is 692 g/mol. The summed E-state index contributed by atoms with van der Waals surface area (Å²) in [6.45, 7) is 13.4. The Morgan fingerprint density at radius 1 is 0.898 bits per heavy atom. The van der Waals surface area contributed by atoms with E-state index in [0.29, 0.717) is 5.01 Å². The Morgan fingerprint density at radius 2 is 1.55 bits per heavy atom. The molecule has 1 fully saturated rings. The quantitative estimate of drug-likeness (QED) is 0.156. The van der Waals surface area contributed by atoms with Crippen molar-refractivity contribution in [1.29, 1.82) is 0 Å².